The molecule has 210 valence electrons. The molecule has 12 heteroatoms. The Hall–Kier alpha value is -0.860. The first-order chi connectivity index (χ1) is 16.6. The zero-order chi connectivity index (χ0) is 26.5. The van der Waals surface area contributed by atoms with E-state index >= 15 is 0 Å². The van der Waals surface area contributed by atoms with Crippen LogP contribution in [0.4, 0.5) is 0 Å². The lowest BCUT2D eigenvalue weighted by molar-refractivity contribution is -0.148. The molecular formula is C23H48N2O9S. The van der Waals surface area contributed by atoms with Gasteiger partial charge in [0.2, 0.25) is 0 Å². The first kappa shape index (κ1) is 34.1. The topological polar surface area (TPSA) is 186 Å². The Kier molecular flexibility index (Phi) is 20.7. The number of hydrogen-bond donors (Lipinski definition) is 7. The van der Waals surface area contributed by atoms with Crippen LogP contribution in [0.5, 0.6) is 0 Å². The van der Waals surface area contributed by atoms with E-state index in [0.29, 0.717) is 13.0 Å². The Labute approximate surface area is 210 Å². The molecular weight excluding hydrogens is 480 g/mol. The summed E-state index contributed by atoms with van der Waals surface area (Å²) in [5.74, 6) is -0.944. The van der Waals surface area contributed by atoms with Crippen LogP contribution in [0.25, 0.3) is 0 Å². The van der Waals surface area contributed by atoms with E-state index in [2.05, 4.69) is 21.7 Å². The summed E-state index contributed by atoms with van der Waals surface area (Å²) in [4.78, 5) is 11.9. The minimum Gasteiger partial charge on any atom is -0.388 e. The van der Waals surface area contributed by atoms with E-state index in [1.54, 1.807) is 0 Å². The van der Waals surface area contributed by atoms with Gasteiger partial charge in [-0.2, -0.15) is 8.42 Å². The van der Waals surface area contributed by atoms with Gasteiger partial charge in [-0.05, 0) is 25.9 Å². The summed E-state index contributed by atoms with van der Waals surface area (Å²) in [5, 5.41) is 44.6. The highest BCUT2D eigenvalue weighted by Gasteiger charge is 2.34. The highest BCUT2D eigenvalue weighted by atomic mass is 32.3. The van der Waals surface area contributed by atoms with Gasteiger partial charge in [-0.3, -0.25) is 9.35 Å². The van der Waals surface area contributed by atoms with Crippen LogP contribution in [-0.4, -0.2) is 90.0 Å². The second-order valence-corrected chi connectivity index (χ2v) is 10.1. The van der Waals surface area contributed by atoms with Gasteiger partial charge in [0.15, 0.2) is 6.10 Å². The largest absolute Gasteiger partial charge is 0.397 e. The van der Waals surface area contributed by atoms with Gasteiger partial charge in [-0.25, -0.2) is 4.18 Å². The van der Waals surface area contributed by atoms with Crippen molar-refractivity contribution in [3.8, 4) is 0 Å². The fraction of sp³-hybridized carbons (Fsp3) is 0.957. The van der Waals surface area contributed by atoms with Gasteiger partial charge < -0.3 is 31.1 Å². The fourth-order valence-electron chi connectivity index (χ4n) is 3.57. The summed E-state index contributed by atoms with van der Waals surface area (Å²) < 4.78 is 33.3. The molecule has 0 radical (unpaired) electrons. The third-order valence-corrected chi connectivity index (χ3v) is 6.19. The molecule has 0 saturated carbocycles. The smallest absolute Gasteiger partial charge is 0.388 e. The highest BCUT2D eigenvalue weighted by molar-refractivity contribution is 7.80. The monoisotopic (exact) mass is 528 g/mol. The van der Waals surface area contributed by atoms with E-state index in [1.807, 2.05) is 0 Å². The normalized spacial score (nSPS) is 15.5. The molecule has 0 fully saturated rings. The summed E-state index contributed by atoms with van der Waals surface area (Å²) >= 11 is 0. The highest BCUT2D eigenvalue weighted by Crippen LogP contribution is 2.12. The molecule has 0 aromatic carbocycles. The van der Waals surface area contributed by atoms with Crippen LogP contribution in [-0.2, 0) is 19.4 Å². The van der Waals surface area contributed by atoms with Crippen molar-refractivity contribution in [1.29, 1.82) is 0 Å². The Morgan fingerprint density at radius 2 is 1.23 bits per heavy atom. The molecule has 0 aliphatic carbocycles. The Balaban J connectivity index is 3.66. The van der Waals surface area contributed by atoms with Gasteiger partial charge in [-0.15, -0.1) is 0 Å². The molecule has 4 atom stereocenters. The van der Waals surface area contributed by atoms with E-state index in [-0.39, 0.29) is 6.54 Å². The van der Waals surface area contributed by atoms with Crippen molar-refractivity contribution >= 4 is 16.3 Å². The molecule has 11 nitrogen and oxygen atoms in total. The van der Waals surface area contributed by atoms with Crippen molar-refractivity contribution in [2.45, 2.75) is 115 Å². The molecule has 7 N–H and O–H groups in total. The summed E-state index contributed by atoms with van der Waals surface area (Å²) in [6.07, 6.45) is 8.02. The number of aliphatic hydroxyl groups is 4. The zero-order valence-electron chi connectivity index (χ0n) is 21.1. The lowest BCUT2D eigenvalue weighted by atomic mass is 10.0. The van der Waals surface area contributed by atoms with Gasteiger partial charge in [-0.1, -0.05) is 77.6 Å². The number of aliphatic hydroxyl groups excluding tert-OH is 4. The first-order valence-corrected chi connectivity index (χ1v) is 14.3. The number of rotatable bonds is 24. The Morgan fingerprint density at radius 1 is 0.743 bits per heavy atom. The van der Waals surface area contributed by atoms with Crippen molar-refractivity contribution < 1.29 is 42.4 Å². The van der Waals surface area contributed by atoms with Crippen molar-refractivity contribution in [1.82, 2.24) is 10.6 Å². The van der Waals surface area contributed by atoms with E-state index in [0.717, 1.165) is 13.0 Å². The Morgan fingerprint density at radius 3 is 1.74 bits per heavy atom. The van der Waals surface area contributed by atoms with Crippen molar-refractivity contribution in [2.24, 2.45) is 0 Å². The van der Waals surface area contributed by atoms with Crippen LogP contribution in [0.1, 0.15) is 90.4 Å². The maximum atomic E-state index is 11.9. The van der Waals surface area contributed by atoms with E-state index in [4.69, 9.17) is 4.55 Å². The number of nitrogens with one attached hydrogen (secondary N) is 2. The van der Waals surface area contributed by atoms with E-state index < -0.39 is 47.3 Å². The standard InChI is InChI=1S/C23H48N2O9S/c1-2-3-4-5-6-7-8-9-10-11-12-13-15-24-16-14-17-25-23(30)22(29)21(28)20(27)19(26)18-34-35(31,32)33/h19-22,24,26-29H,2-18H2,1H3,(H,25,30)(H,31,32,33)/t19-,20-,21+,22-/m1/s1. The van der Waals surface area contributed by atoms with E-state index in [1.165, 1.54) is 70.6 Å². The lowest BCUT2D eigenvalue weighted by Crippen LogP contribution is -2.52. The molecule has 0 heterocycles. The van der Waals surface area contributed by atoms with Gasteiger partial charge in [0, 0.05) is 6.54 Å². The van der Waals surface area contributed by atoms with Crippen LogP contribution in [0, 0.1) is 0 Å². The number of amides is 1. The average Bonchev–Trinajstić information content (AvgIpc) is 2.82. The molecule has 0 aromatic heterocycles. The second kappa shape index (κ2) is 21.2. The molecule has 0 spiro atoms. The predicted molar refractivity (Wildman–Crippen MR) is 133 cm³/mol. The lowest BCUT2D eigenvalue weighted by Gasteiger charge is -2.25. The third kappa shape index (κ3) is 19.9. The minimum absolute atomic E-state index is 0.235. The van der Waals surface area contributed by atoms with Crippen molar-refractivity contribution in [3.63, 3.8) is 0 Å². The number of carbonyl (C=O) groups excluding carboxylic acids is 1. The molecule has 0 bridgehead atoms. The predicted octanol–water partition coefficient (Wildman–Crippen LogP) is 1.05. The van der Waals surface area contributed by atoms with E-state index in [9.17, 15) is 33.6 Å². The quantitative estimate of drug-likeness (QED) is 0.0705. The van der Waals surface area contributed by atoms with Crippen LogP contribution < -0.4 is 10.6 Å². The summed E-state index contributed by atoms with van der Waals surface area (Å²) in [6, 6.07) is 0. The summed E-state index contributed by atoms with van der Waals surface area (Å²) in [5.41, 5.74) is 0. The van der Waals surface area contributed by atoms with Gasteiger partial charge in [0.25, 0.3) is 5.91 Å². The summed E-state index contributed by atoms with van der Waals surface area (Å²) in [7, 11) is -4.85. The minimum atomic E-state index is -4.85. The first-order valence-electron chi connectivity index (χ1n) is 12.9. The zero-order valence-corrected chi connectivity index (χ0v) is 21.9. The van der Waals surface area contributed by atoms with Crippen molar-refractivity contribution in [3.05, 3.63) is 0 Å². The second-order valence-electron chi connectivity index (χ2n) is 8.99. The molecule has 0 unspecified atom stereocenters. The van der Waals surface area contributed by atoms with Crippen LogP contribution >= 0.6 is 0 Å². The van der Waals surface area contributed by atoms with Gasteiger partial charge in [0.05, 0.1) is 6.61 Å². The average molecular weight is 529 g/mol. The molecule has 0 aliphatic rings. The molecule has 0 aliphatic heterocycles. The van der Waals surface area contributed by atoms with Gasteiger partial charge in [0.1, 0.15) is 18.3 Å². The van der Waals surface area contributed by atoms with Crippen molar-refractivity contribution in [2.75, 3.05) is 26.2 Å². The Bertz CT molecular complexity index is 622. The van der Waals surface area contributed by atoms with Crippen LogP contribution in [0.3, 0.4) is 0 Å². The number of unbranched alkanes of at least 4 members (excludes halogenated alkanes) is 11. The number of hydrogen-bond acceptors (Lipinski definition) is 9. The third-order valence-electron chi connectivity index (χ3n) is 5.76. The van der Waals surface area contributed by atoms with Crippen LogP contribution in [0.2, 0.25) is 0 Å². The molecule has 1 amide bonds. The SMILES string of the molecule is CCCCCCCCCCCCCCNCCCNC(=O)[C@H](O)[C@@H](O)[C@H](O)[C@H](O)COS(=O)(=O)O. The maximum Gasteiger partial charge on any atom is 0.397 e. The molecule has 0 saturated heterocycles. The molecule has 35 heavy (non-hydrogen) atoms. The van der Waals surface area contributed by atoms with Gasteiger partial charge >= 0.3 is 10.4 Å². The van der Waals surface area contributed by atoms with Crippen LogP contribution in [0.15, 0.2) is 0 Å². The fourth-order valence-corrected chi connectivity index (χ4v) is 3.88. The maximum absolute atomic E-state index is 11.9. The molecule has 0 rings (SSSR count). The number of carbonyl (C=O) groups is 1. The summed E-state index contributed by atoms with van der Waals surface area (Å²) in [6.45, 7) is 2.98. The molecule has 0 aromatic rings.